The molecule has 2 aromatic rings. The molecule has 0 aliphatic rings. The lowest BCUT2D eigenvalue weighted by molar-refractivity contribution is -0.520. The molecule has 2 heterocycles. The summed E-state index contributed by atoms with van der Waals surface area (Å²) in [6.45, 7) is 0. The monoisotopic (exact) mass is 195 g/mol. The van der Waals surface area contributed by atoms with Gasteiger partial charge in [-0.05, 0) is 0 Å². The van der Waals surface area contributed by atoms with Gasteiger partial charge in [-0.3, -0.25) is 20.3 Å². The Labute approximate surface area is 76.7 Å². The molecule has 2 rings (SSSR count). The maximum atomic E-state index is 10.7. The highest BCUT2D eigenvalue weighted by Gasteiger charge is 2.31. The van der Waals surface area contributed by atoms with Crippen LogP contribution in [0, 0.1) is 10.1 Å². The molecule has 0 aromatic carbocycles. The van der Waals surface area contributed by atoms with Gasteiger partial charge in [0.2, 0.25) is 11.6 Å². The summed E-state index contributed by atoms with van der Waals surface area (Å²) in [5.41, 5.74) is 0. The first-order valence-electron chi connectivity index (χ1n) is 3.63. The van der Waals surface area contributed by atoms with Crippen molar-refractivity contribution in [1.29, 1.82) is 0 Å². The van der Waals surface area contributed by atoms with Gasteiger partial charge in [0.05, 0.1) is 0 Å². The first kappa shape index (κ1) is 8.29. The molecular weight excluding hydrogens is 190 g/mol. The quantitative estimate of drug-likeness (QED) is 0.492. The number of hydrogen-bond donors (Lipinski definition) is 2. The maximum absolute atomic E-state index is 10.7. The van der Waals surface area contributed by atoms with Gasteiger partial charge in [-0.25, -0.2) is 9.97 Å². The number of aromatic nitrogens is 6. The van der Waals surface area contributed by atoms with Crippen LogP contribution in [0.5, 0.6) is 0 Å². The van der Waals surface area contributed by atoms with Crippen molar-refractivity contribution in [3.05, 3.63) is 34.4 Å². The summed E-state index contributed by atoms with van der Waals surface area (Å²) < 4.78 is 0. The first-order chi connectivity index (χ1) is 6.79. The van der Waals surface area contributed by atoms with Crippen LogP contribution in [0.1, 0.15) is 17.7 Å². The van der Waals surface area contributed by atoms with E-state index in [9.17, 15) is 10.1 Å². The van der Waals surface area contributed by atoms with Crippen LogP contribution in [-0.4, -0.2) is 35.3 Å². The third-order valence-electron chi connectivity index (χ3n) is 1.60. The van der Waals surface area contributed by atoms with E-state index in [4.69, 9.17) is 0 Å². The molecule has 0 unspecified atom stereocenters. The molecule has 2 N–H and O–H groups in total. The highest BCUT2D eigenvalue weighted by atomic mass is 16.6. The minimum absolute atomic E-state index is 0.117. The van der Waals surface area contributed by atoms with E-state index in [1.165, 1.54) is 12.7 Å². The van der Waals surface area contributed by atoms with Crippen molar-refractivity contribution < 1.29 is 4.92 Å². The van der Waals surface area contributed by atoms with Gasteiger partial charge in [-0.1, -0.05) is 0 Å². The van der Waals surface area contributed by atoms with Gasteiger partial charge in [-0.2, -0.15) is 10.2 Å². The van der Waals surface area contributed by atoms with Crippen LogP contribution in [0.15, 0.2) is 12.7 Å². The van der Waals surface area contributed by atoms with E-state index in [1.54, 1.807) is 0 Å². The second kappa shape index (κ2) is 3.20. The largest absolute Gasteiger partial charge is 0.329 e. The van der Waals surface area contributed by atoms with Crippen molar-refractivity contribution in [2.75, 3.05) is 0 Å². The zero-order valence-corrected chi connectivity index (χ0v) is 6.78. The predicted octanol–water partition coefficient (Wildman–Crippen LogP) is -0.711. The lowest BCUT2D eigenvalue weighted by Crippen LogP contribution is -2.15. The summed E-state index contributed by atoms with van der Waals surface area (Å²) in [4.78, 5) is 17.6. The van der Waals surface area contributed by atoms with Gasteiger partial charge < -0.3 is 0 Å². The number of hydrogen-bond acceptors (Lipinski definition) is 6. The molecule has 2 aromatic heterocycles. The van der Waals surface area contributed by atoms with Crippen molar-refractivity contribution in [2.45, 2.75) is 6.04 Å². The number of nitro groups is 1. The predicted molar refractivity (Wildman–Crippen MR) is 41.6 cm³/mol. The topological polar surface area (TPSA) is 126 Å². The molecule has 0 bridgehead atoms. The van der Waals surface area contributed by atoms with Crippen molar-refractivity contribution >= 4 is 0 Å². The van der Waals surface area contributed by atoms with E-state index >= 15 is 0 Å². The van der Waals surface area contributed by atoms with Crippen LogP contribution >= 0.6 is 0 Å². The van der Waals surface area contributed by atoms with Crippen molar-refractivity contribution in [2.24, 2.45) is 0 Å². The molecule has 0 amide bonds. The smallest absolute Gasteiger partial charge is 0.263 e. The van der Waals surface area contributed by atoms with E-state index in [2.05, 4.69) is 30.4 Å². The van der Waals surface area contributed by atoms with Gasteiger partial charge in [0.15, 0.2) is 0 Å². The highest BCUT2D eigenvalue weighted by Crippen LogP contribution is 2.16. The van der Waals surface area contributed by atoms with E-state index in [-0.39, 0.29) is 11.6 Å². The zero-order valence-electron chi connectivity index (χ0n) is 6.78. The molecule has 0 atom stereocenters. The van der Waals surface area contributed by atoms with Crippen LogP contribution in [0.2, 0.25) is 0 Å². The Hall–Kier alpha value is -2.32. The lowest BCUT2D eigenvalue weighted by Gasteiger charge is -2.00. The number of H-pyrrole nitrogens is 2. The van der Waals surface area contributed by atoms with Gasteiger partial charge in [0.1, 0.15) is 12.7 Å². The maximum Gasteiger partial charge on any atom is 0.329 e. The third kappa shape index (κ3) is 1.30. The van der Waals surface area contributed by atoms with E-state index in [1.807, 2.05) is 0 Å². The van der Waals surface area contributed by atoms with Gasteiger partial charge in [0.25, 0.3) is 0 Å². The minimum atomic E-state index is -1.18. The molecule has 0 aliphatic heterocycles. The van der Waals surface area contributed by atoms with Crippen LogP contribution in [-0.2, 0) is 0 Å². The Balaban J connectivity index is 2.40. The fraction of sp³-hybridized carbons (Fsp3) is 0.200. The standard InChI is InChI=1S/C5H5N7O2/c13-12(14)3(4-6-1-8-10-4)5-7-2-9-11-5/h1-3H,(H,6,8,10)(H,7,9,11). The summed E-state index contributed by atoms with van der Waals surface area (Å²) in [6, 6.07) is -1.18. The molecule has 14 heavy (non-hydrogen) atoms. The molecule has 0 aliphatic carbocycles. The van der Waals surface area contributed by atoms with E-state index in [0.717, 1.165) is 0 Å². The molecule has 0 radical (unpaired) electrons. The third-order valence-corrected chi connectivity index (χ3v) is 1.60. The van der Waals surface area contributed by atoms with Crippen molar-refractivity contribution in [3.8, 4) is 0 Å². The van der Waals surface area contributed by atoms with Crippen LogP contribution in [0.25, 0.3) is 0 Å². The Bertz CT molecular complexity index is 373. The molecule has 0 saturated heterocycles. The number of nitrogens with one attached hydrogen (secondary N) is 2. The number of nitrogens with zero attached hydrogens (tertiary/aromatic N) is 5. The lowest BCUT2D eigenvalue weighted by atomic mass is 10.3. The molecule has 0 spiro atoms. The number of rotatable bonds is 3. The van der Waals surface area contributed by atoms with Gasteiger partial charge in [0, 0.05) is 4.92 Å². The van der Waals surface area contributed by atoms with Crippen LogP contribution < -0.4 is 0 Å². The van der Waals surface area contributed by atoms with Crippen LogP contribution in [0.3, 0.4) is 0 Å². The molecule has 0 saturated carbocycles. The Morgan fingerprint density at radius 3 is 2.00 bits per heavy atom. The summed E-state index contributed by atoms with van der Waals surface area (Å²) in [7, 11) is 0. The van der Waals surface area contributed by atoms with Crippen molar-refractivity contribution in [1.82, 2.24) is 30.4 Å². The Kier molecular flexibility index (Phi) is 1.89. The van der Waals surface area contributed by atoms with Crippen molar-refractivity contribution in [3.63, 3.8) is 0 Å². The minimum Gasteiger partial charge on any atom is -0.263 e. The Morgan fingerprint density at radius 2 is 1.71 bits per heavy atom. The molecule has 0 fully saturated rings. The number of aromatic amines is 2. The van der Waals surface area contributed by atoms with E-state index in [0.29, 0.717) is 0 Å². The fourth-order valence-corrected chi connectivity index (χ4v) is 1.02. The average Bonchev–Trinajstić information content (AvgIpc) is 2.75. The fourth-order valence-electron chi connectivity index (χ4n) is 1.02. The highest BCUT2D eigenvalue weighted by molar-refractivity contribution is 5.02. The summed E-state index contributed by atoms with van der Waals surface area (Å²) in [5.74, 6) is 0.235. The SMILES string of the molecule is O=[N+]([O-])C(c1ncn[nH]1)c1ncn[nH]1. The average molecular weight is 195 g/mol. The second-order valence-electron chi connectivity index (χ2n) is 2.43. The molecule has 9 heteroatoms. The van der Waals surface area contributed by atoms with Gasteiger partial charge in [-0.15, -0.1) is 0 Å². The normalized spacial score (nSPS) is 10.6. The van der Waals surface area contributed by atoms with Gasteiger partial charge >= 0.3 is 6.04 Å². The molecular formula is C5H5N7O2. The summed E-state index contributed by atoms with van der Waals surface area (Å²) >= 11 is 0. The molecule has 72 valence electrons. The Morgan fingerprint density at radius 1 is 1.21 bits per heavy atom. The van der Waals surface area contributed by atoms with E-state index < -0.39 is 11.0 Å². The zero-order chi connectivity index (χ0) is 9.97. The van der Waals surface area contributed by atoms with Crippen LogP contribution in [0.4, 0.5) is 0 Å². The summed E-state index contributed by atoms with van der Waals surface area (Å²) in [6.07, 6.45) is 2.39. The second-order valence-corrected chi connectivity index (χ2v) is 2.43. The first-order valence-corrected chi connectivity index (χ1v) is 3.63. The molecule has 9 nitrogen and oxygen atoms in total. The summed E-state index contributed by atoms with van der Waals surface area (Å²) in [5, 5.41) is 22.6.